The SMILES string of the molecule is CC1(CC(N)=O)c2ccc(c(N)c2)[C@@]1(C(=O)NC(=O)O)N1CCCC1[C@H]1CC[C@H](C2CCCN2[C@]2(C(=O)NC(=O)O)c3ccc(cc3N)C2(C)CC(N)=O)N1c1nc2c(s1)CCCC2. The van der Waals surface area contributed by atoms with Gasteiger partial charge in [0, 0.05) is 75.2 Å². The van der Waals surface area contributed by atoms with Crippen molar-refractivity contribution < 1.29 is 39.0 Å². The minimum absolute atomic E-state index is 0.266. The van der Waals surface area contributed by atoms with Crippen LogP contribution in [-0.2, 0) is 53.9 Å². The van der Waals surface area contributed by atoms with Crippen molar-refractivity contribution in [3.63, 3.8) is 0 Å². The second kappa shape index (κ2) is 15.4. The number of rotatable bonds is 11. The fourth-order valence-corrected chi connectivity index (χ4v) is 14.8. The number of aryl methyl sites for hydroxylation is 2. The predicted molar refractivity (Wildman–Crippen MR) is 237 cm³/mol. The van der Waals surface area contributed by atoms with Crippen LogP contribution in [0.25, 0.3) is 0 Å². The normalized spacial score (nSPS) is 31.8. The molecule has 18 nitrogen and oxygen atoms in total. The first-order valence-corrected chi connectivity index (χ1v) is 23.0. The molecule has 12 N–H and O–H groups in total. The van der Waals surface area contributed by atoms with Gasteiger partial charge >= 0.3 is 12.2 Å². The maximum absolute atomic E-state index is 15.0. The number of nitrogens with two attached hydrogens (primary N) is 4. The monoisotopic (exact) mass is 896 g/mol. The summed E-state index contributed by atoms with van der Waals surface area (Å²) in [6.07, 6.45) is 3.89. The molecule has 3 aliphatic heterocycles. The summed E-state index contributed by atoms with van der Waals surface area (Å²) in [4.78, 5) is 93.9. The summed E-state index contributed by atoms with van der Waals surface area (Å²) in [6, 6.07) is 9.15. The van der Waals surface area contributed by atoms with E-state index in [0.29, 0.717) is 85.2 Å². The van der Waals surface area contributed by atoms with Crippen LogP contribution >= 0.6 is 11.3 Å². The average molecular weight is 897 g/mol. The summed E-state index contributed by atoms with van der Waals surface area (Å²) < 4.78 is 0. The van der Waals surface area contributed by atoms with E-state index in [2.05, 4.69) is 25.3 Å². The van der Waals surface area contributed by atoms with E-state index >= 15 is 0 Å². The summed E-state index contributed by atoms with van der Waals surface area (Å²) >= 11 is 1.64. The lowest BCUT2D eigenvalue weighted by molar-refractivity contribution is -0.144. The number of carbonyl (C=O) groups excluding carboxylic acids is 4. The number of imide groups is 2. The number of thiazole rings is 1. The van der Waals surface area contributed by atoms with E-state index in [1.807, 2.05) is 12.1 Å². The zero-order valence-electron chi connectivity index (χ0n) is 36.0. The van der Waals surface area contributed by atoms with E-state index in [1.165, 1.54) is 4.88 Å². The maximum atomic E-state index is 15.0. The van der Waals surface area contributed by atoms with Crippen LogP contribution in [0.1, 0.15) is 111 Å². The highest BCUT2D eigenvalue weighted by molar-refractivity contribution is 7.15. The summed E-state index contributed by atoms with van der Waals surface area (Å²) in [5.74, 6) is -2.97. The summed E-state index contributed by atoms with van der Waals surface area (Å²) in [5, 5.41) is 25.3. The van der Waals surface area contributed by atoms with Gasteiger partial charge in [-0.1, -0.05) is 38.1 Å². The van der Waals surface area contributed by atoms with Crippen molar-refractivity contribution >= 4 is 63.7 Å². The Morgan fingerprint density at radius 3 is 1.55 bits per heavy atom. The molecular formula is C45H56N10O8S. The highest BCUT2D eigenvalue weighted by Crippen LogP contribution is 2.60. The van der Waals surface area contributed by atoms with Crippen LogP contribution in [0.5, 0.6) is 0 Å². The van der Waals surface area contributed by atoms with E-state index in [4.69, 9.17) is 27.9 Å². The molecule has 3 saturated heterocycles. The fraction of sp³-hybridized carbons (Fsp3) is 0.533. The molecule has 3 aromatic rings. The van der Waals surface area contributed by atoms with Crippen LogP contribution in [0.4, 0.5) is 26.1 Å². The first-order valence-electron chi connectivity index (χ1n) is 22.2. The van der Waals surface area contributed by atoms with E-state index in [9.17, 15) is 39.0 Å². The molecular weight excluding hydrogens is 841 g/mol. The topological polar surface area (TPSA) is 294 Å². The van der Waals surface area contributed by atoms with Crippen LogP contribution in [0.3, 0.4) is 0 Å². The number of nitrogens with zero attached hydrogens (tertiary/aromatic N) is 4. The Labute approximate surface area is 374 Å². The van der Waals surface area contributed by atoms with Gasteiger partial charge in [0.05, 0.1) is 5.69 Å². The first kappa shape index (κ1) is 43.5. The quantitative estimate of drug-likeness (QED) is 0.128. The second-order valence-corrected chi connectivity index (χ2v) is 20.1. The zero-order valence-corrected chi connectivity index (χ0v) is 36.8. The van der Waals surface area contributed by atoms with Gasteiger partial charge in [0.1, 0.15) is 11.1 Å². The molecule has 8 aliphatic rings. The van der Waals surface area contributed by atoms with Gasteiger partial charge in [-0.25, -0.2) is 14.6 Å². The molecule has 4 bridgehead atoms. The Morgan fingerprint density at radius 1 is 0.688 bits per heavy atom. The number of nitrogens with one attached hydrogen (secondary N) is 2. The van der Waals surface area contributed by atoms with Crippen molar-refractivity contribution in [3.8, 4) is 0 Å². The van der Waals surface area contributed by atoms with E-state index in [0.717, 1.165) is 36.5 Å². The zero-order chi connectivity index (χ0) is 45.7. The van der Waals surface area contributed by atoms with Gasteiger partial charge in [0.15, 0.2) is 5.13 Å². The highest BCUT2D eigenvalue weighted by Gasteiger charge is 2.68. The van der Waals surface area contributed by atoms with Crippen molar-refractivity contribution in [2.75, 3.05) is 29.5 Å². The van der Waals surface area contributed by atoms with Crippen molar-refractivity contribution in [3.05, 3.63) is 69.2 Å². The minimum atomic E-state index is -1.75. The van der Waals surface area contributed by atoms with Gasteiger partial charge in [-0.05, 0) is 101 Å². The van der Waals surface area contributed by atoms with Gasteiger partial charge in [-0.2, -0.15) is 0 Å². The lowest BCUT2D eigenvalue weighted by Crippen LogP contribution is -2.72. The molecule has 1 aromatic heterocycles. The third kappa shape index (κ3) is 6.06. The molecule has 19 heteroatoms. The molecule has 340 valence electrons. The predicted octanol–water partition coefficient (Wildman–Crippen LogP) is 3.13. The van der Waals surface area contributed by atoms with Crippen LogP contribution < -0.4 is 38.5 Å². The van der Waals surface area contributed by atoms with Crippen LogP contribution in [0, 0.1) is 0 Å². The molecule has 6 amide bonds. The molecule has 3 fully saturated rings. The molecule has 64 heavy (non-hydrogen) atoms. The molecule has 2 aromatic carbocycles. The van der Waals surface area contributed by atoms with Crippen molar-refractivity contribution in [1.82, 2.24) is 25.4 Å². The Hall–Kier alpha value is -5.79. The maximum Gasteiger partial charge on any atom is 0.411 e. The van der Waals surface area contributed by atoms with Crippen LogP contribution in [0.15, 0.2) is 36.4 Å². The van der Waals surface area contributed by atoms with E-state index in [1.54, 1.807) is 49.4 Å². The molecule has 4 heterocycles. The Balaban J connectivity index is 1.21. The summed E-state index contributed by atoms with van der Waals surface area (Å²) in [5.41, 5.74) is 22.9. The summed E-state index contributed by atoms with van der Waals surface area (Å²) in [7, 11) is 0. The van der Waals surface area contributed by atoms with Gasteiger partial charge < -0.3 is 38.0 Å². The summed E-state index contributed by atoms with van der Waals surface area (Å²) in [6.45, 7) is 4.32. The number of anilines is 3. The van der Waals surface area contributed by atoms with Crippen molar-refractivity contribution in [2.24, 2.45) is 11.5 Å². The number of aromatic nitrogens is 1. The van der Waals surface area contributed by atoms with Crippen molar-refractivity contribution in [1.29, 1.82) is 0 Å². The number of nitrogen functional groups attached to an aromatic ring is 2. The Bertz CT molecular complexity index is 2330. The third-order valence-corrected chi connectivity index (χ3v) is 17.0. The van der Waals surface area contributed by atoms with Gasteiger partial charge in [0.2, 0.25) is 11.8 Å². The lowest BCUT2D eigenvalue weighted by atomic mass is 9.55. The number of carbonyl (C=O) groups is 6. The molecule has 4 unspecified atom stereocenters. The molecule has 5 aliphatic carbocycles. The number of primary amides is 2. The highest BCUT2D eigenvalue weighted by atomic mass is 32.1. The van der Waals surface area contributed by atoms with Crippen LogP contribution in [-0.4, -0.2) is 98.1 Å². The first-order chi connectivity index (χ1) is 30.4. The number of hydrogen-bond acceptors (Lipinski definition) is 13. The number of fused-ring (bicyclic) bond motifs is 7. The minimum Gasteiger partial charge on any atom is -0.465 e. The molecule has 0 saturated carbocycles. The number of hydrogen-bond donors (Lipinski definition) is 8. The van der Waals surface area contributed by atoms with Crippen molar-refractivity contribution in [2.45, 2.75) is 137 Å². The molecule has 11 rings (SSSR count). The Morgan fingerprint density at radius 2 is 1.14 bits per heavy atom. The Kier molecular flexibility index (Phi) is 10.5. The van der Waals surface area contributed by atoms with E-state index in [-0.39, 0.29) is 24.9 Å². The number of carboxylic acid groups (broad SMARTS) is 2. The molecule has 8 atom stereocenters. The van der Waals surface area contributed by atoms with Crippen LogP contribution in [0.2, 0.25) is 0 Å². The number of benzene rings is 2. The second-order valence-electron chi connectivity index (χ2n) is 19.0. The largest absolute Gasteiger partial charge is 0.465 e. The fourth-order valence-electron chi connectivity index (χ4n) is 13.5. The third-order valence-electron chi connectivity index (χ3n) is 15.8. The lowest BCUT2D eigenvalue weighted by Gasteiger charge is -2.58. The molecule has 0 spiro atoms. The standard InChI is InChI=1S/C45H56N10O8S/c1-42(21-35(48)56)23-11-13-25(27(46)19-23)44(42,37(58)51-40(60)61)53-17-5-8-30(53)32-15-16-33(55(32)39-50-29-7-3-4-10-34(29)64-39)31-9-6-18-54(31)45(38(59)52-41(62)63)26-14-12-24(20-28(26)47)43(45,2)22-36(49)57/h11-14,19-20,30-33H,3-10,15-18,21-22,46-47H2,1-2H3,(H2,48,56)(H2,49,57)(H,51,58)(H,52,59)(H,60,61)(H,62,63)/t30?,31?,32-,33-,42?,43?,44+,45+/m1/s1. The number of amides is 6. The molecule has 0 radical (unpaired) electrons. The number of likely N-dealkylation sites (tertiary alicyclic amines) is 2. The van der Waals surface area contributed by atoms with Gasteiger partial charge in [-0.15, -0.1) is 11.3 Å². The smallest absolute Gasteiger partial charge is 0.411 e. The van der Waals surface area contributed by atoms with Gasteiger partial charge in [0.25, 0.3) is 11.8 Å². The van der Waals surface area contributed by atoms with E-state index < -0.39 is 69.8 Å². The van der Waals surface area contributed by atoms with Gasteiger partial charge in [-0.3, -0.25) is 39.6 Å². The average Bonchev–Trinajstić information content (AvgIpc) is 4.04.